The van der Waals surface area contributed by atoms with E-state index in [2.05, 4.69) is 4.98 Å². The highest BCUT2D eigenvalue weighted by atomic mass is 35.5. The lowest BCUT2D eigenvalue weighted by Crippen LogP contribution is -2.00. The zero-order valence-corrected chi connectivity index (χ0v) is 7.05. The fourth-order valence-corrected chi connectivity index (χ4v) is 0.908. The van der Waals surface area contributed by atoms with Gasteiger partial charge in [-0.25, -0.2) is 13.8 Å². The van der Waals surface area contributed by atoms with Crippen LogP contribution in [0.5, 0.6) is 0 Å². The van der Waals surface area contributed by atoms with E-state index in [9.17, 15) is 13.6 Å². The molecule has 0 fully saturated rings. The molecule has 0 aromatic carbocycles. The van der Waals surface area contributed by atoms with E-state index in [1.54, 1.807) is 0 Å². The molecule has 0 amide bonds. The maximum atomic E-state index is 12.1. The third-order valence-corrected chi connectivity index (χ3v) is 1.53. The number of anilines is 1. The fraction of sp³-hybridized carbons (Fsp3) is 0.143. The van der Waals surface area contributed by atoms with E-state index < -0.39 is 17.4 Å². The number of carbonyl (C=O) groups excluding carboxylic acids is 1. The first kappa shape index (κ1) is 9.85. The summed E-state index contributed by atoms with van der Waals surface area (Å²) in [5, 5.41) is -0.837. The first-order valence-electron chi connectivity index (χ1n) is 3.26. The highest BCUT2D eigenvalue weighted by Crippen LogP contribution is 2.20. The van der Waals surface area contributed by atoms with Crippen LogP contribution in [-0.2, 0) is 0 Å². The van der Waals surface area contributed by atoms with E-state index in [4.69, 9.17) is 17.3 Å². The third-order valence-electron chi connectivity index (χ3n) is 1.32. The molecule has 0 aliphatic rings. The van der Waals surface area contributed by atoms with Crippen LogP contribution in [-0.4, -0.2) is 10.2 Å². The van der Waals surface area contributed by atoms with Gasteiger partial charge in [0.15, 0.2) is 0 Å². The lowest BCUT2D eigenvalue weighted by molar-refractivity contribution is 0.108. The van der Waals surface area contributed by atoms with Crippen LogP contribution >= 0.6 is 11.6 Å². The van der Waals surface area contributed by atoms with E-state index >= 15 is 0 Å². The van der Waals surface area contributed by atoms with Gasteiger partial charge < -0.3 is 5.73 Å². The number of nitrogen functional groups attached to an aromatic ring is 1. The number of hydrogen-bond acceptors (Lipinski definition) is 3. The van der Waals surface area contributed by atoms with Gasteiger partial charge in [-0.2, -0.15) is 0 Å². The number of rotatable bonds is 2. The number of halogens is 3. The molecule has 2 N–H and O–H groups in total. The second-order valence-electron chi connectivity index (χ2n) is 2.28. The summed E-state index contributed by atoms with van der Waals surface area (Å²) in [4.78, 5) is 13.9. The van der Waals surface area contributed by atoms with Crippen molar-refractivity contribution in [1.82, 2.24) is 4.98 Å². The van der Waals surface area contributed by atoms with E-state index in [1.807, 2.05) is 0 Å². The second kappa shape index (κ2) is 3.66. The number of pyridine rings is 1. The molecule has 3 nitrogen and oxygen atoms in total. The first-order chi connectivity index (χ1) is 6.00. The Labute approximate surface area is 77.5 Å². The molecular formula is C7H5ClF2N2O. The summed E-state index contributed by atoms with van der Waals surface area (Å²) in [5.74, 6) is -0.151. The monoisotopic (exact) mass is 206 g/mol. The topological polar surface area (TPSA) is 56.0 Å². The number of nitrogens with zero attached hydrogens (tertiary/aromatic N) is 1. The van der Waals surface area contributed by atoms with Gasteiger partial charge in [-0.15, -0.1) is 0 Å². The maximum absolute atomic E-state index is 12.1. The zero-order valence-electron chi connectivity index (χ0n) is 6.30. The molecule has 0 bridgehead atoms. The molecule has 6 heteroatoms. The molecule has 1 aromatic rings. The minimum absolute atomic E-state index is 0.0792. The van der Waals surface area contributed by atoms with Gasteiger partial charge in [0, 0.05) is 5.56 Å². The van der Waals surface area contributed by atoms with Crippen molar-refractivity contribution < 1.29 is 13.6 Å². The number of alkyl halides is 2. The predicted molar refractivity (Wildman–Crippen MR) is 43.8 cm³/mol. The predicted octanol–water partition coefficient (Wildman–Crippen LogP) is 1.98. The van der Waals surface area contributed by atoms with Crippen LogP contribution in [0.15, 0.2) is 12.1 Å². The SMILES string of the molecule is Nc1cc(C(=O)Cl)cc(C(F)F)n1. The summed E-state index contributed by atoms with van der Waals surface area (Å²) >= 11 is 5.08. The maximum Gasteiger partial charge on any atom is 0.280 e. The third kappa shape index (κ3) is 2.35. The highest BCUT2D eigenvalue weighted by Gasteiger charge is 2.13. The molecule has 1 rings (SSSR count). The standard InChI is InChI=1S/C7H5ClF2N2O/c8-6(13)3-1-4(7(9)10)12-5(11)2-3/h1-2,7H,(H2,11,12). The van der Waals surface area contributed by atoms with Crippen LogP contribution in [0.4, 0.5) is 14.6 Å². The largest absolute Gasteiger partial charge is 0.384 e. The minimum Gasteiger partial charge on any atom is -0.384 e. The Morgan fingerprint density at radius 2 is 2.15 bits per heavy atom. The Morgan fingerprint density at radius 1 is 1.54 bits per heavy atom. The molecule has 0 unspecified atom stereocenters. The number of nitrogens with two attached hydrogens (primary N) is 1. The summed E-state index contributed by atoms with van der Waals surface area (Å²) in [7, 11) is 0. The molecular weight excluding hydrogens is 202 g/mol. The summed E-state index contributed by atoms with van der Waals surface area (Å²) in [5.41, 5.74) is 4.55. The van der Waals surface area contributed by atoms with Crippen LogP contribution in [0, 0.1) is 0 Å². The Hall–Kier alpha value is -1.23. The van der Waals surface area contributed by atoms with Crippen LogP contribution < -0.4 is 5.73 Å². The van der Waals surface area contributed by atoms with Gasteiger partial charge >= 0.3 is 0 Å². The molecule has 0 aliphatic heterocycles. The van der Waals surface area contributed by atoms with Crippen LogP contribution in [0.25, 0.3) is 0 Å². The number of hydrogen-bond donors (Lipinski definition) is 1. The molecule has 1 heterocycles. The quantitative estimate of drug-likeness (QED) is 0.753. The molecule has 0 radical (unpaired) electrons. The average Bonchev–Trinajstić information content (AvgIpc) is 2.03. The van der Waals surface area contributed by atoms with E-state index in [1.165, 1.54) is 0 Å². The molecule has 13 heavy (non-hydrogen) atoms. The zero-order chi connectivity index (χ0) is 10.0. The van der Waals surface area contributed by atoms with E-state index in [-0.39, 0.29) is 11.4 Å². The van der Waals surface area contributed by atoms with Crippen molar-refractivity contribution in [3.8, 4) is 0 Å². The van der Waals surface area contributed by atoms with Gasteiger partial charge in [-0.1, -0.05) is 0 Å². The van der Waals surface area contributed by atoms with Gasteiger partial charge in [0.25, 0.3) is 11.7 Å². The van der Waals surface area contributed by atoms with Crippen LogP contribution in [0.2, 0.25) is 0 Å². The van der Waals surface area contributed by atoms with Gasteiger partial charge in [0.1, 0.15) is 11.5 Å². The van der Waals surface area contributed by atoms with Crippen molar-refractivity contribution in [2.45, 2.75) is 6.43 Å². The van der Waals surface area contributed by atoms with E-state index in [0.717, 1.165) is 12.1 Å². The lowest BCUT2D eigenvalue weighted by atomic mass is 10.2. The van der Waals surface area contributed by atoms with Gasteiger partial charge in [0.2, 0.25) is 0 Å². The summed E-state index contributed by atoms with van der Waals surface area (Å²) in [6.07, 6.45) is -2.77. The van der Waals surface area contributed by atoms with Crippen molar-refractivity contribution in [3.05, 3.63) is 23.4 Å². The molecule has 0 saturated carbocycles. The van der Waals surface area contributed by atoms with Crippen molar-refractivity contribution in [2.75, 3.05) is 5.73 Å². The van der Waals surface area contributed by atoms with Crippen molar-refractivity contribution in [1.29, 1.82) is 0 Å². The minimum atomic E-state index is -2.77. The van der Waals surface area contributed by atoms with Crippen molar-refractivity contribution in [2.24, 2.45) is 0 Å². The molecule has 0 spiro atoms. The van der Waals surface area contributed by atoms with Crippen molar-refractivity contribution >= 4 is 22.7 Å². The second-order valence-corrected chi connectivity index (χ2v) is 2.62. The van der Waals surface area contributed by atoms with Gasteiger partial charge in [-0.3, -0.25) is 4.79 Å². The van der Waals surface area contributed by atoms with Gasteiger partial charge in [0.05, 0.1) is 0 Å². The van der Waals surface area contributed by atoms with E-state index in [0.29, 0.717) is 0 Å². The van der Waals surface area contributed by atoms with Crippen molar-refractivity contribution in [3.63, 3.8) is 0 Å². The van der Waals surface area contributed by atoms with Crippen LogP contribution in [0.3, 0.4) is 0 Å². The molecule has 70 valence electrons. The average molecular weight is 207 g/mol. The molecule has 0 saturated heterocycles. The smallest absolute Gasteiger partial charge is 0.280 e. The lowest BCUT2D eigenvalue weighted by Gasteiger charge is -2.01. The first-order valence-corrected chi connectivity index (χ1v) is 3.64. The highest BCUT2D eigenvalue weighted by molar-refractivity contribution is 6.67. The van der Waals surface area contributed by atoms with Gasteiger partial charge in [-0.05, 0) is 23.7 Å². The Balaban J connectivity index is 3.19. The summed E-state index contributed by atoms with van der Waals surface area (Å²) < 4.78 is 24.2. The normalized spacial score (nSPS) is 10.5. The fourth-order valence-electron chi connectivity index (χ4n) is 0.799. The molecule has 0 atom stereocenters. The molecule has 1 aromatic heterocycles. The Kier molecular flexibility index (Phi) is 2.77. The Bertz CT molecular complexity index is 343. The van der Waals surface area contributed by atoms with Crippen LogP contribution in [0.1, 0.15) is 22.5 Å². The number of aromatic nitrogens is 1. The Morgan fingerprint density at radius 3 is 2.62 bits per heavy atom. The summed E-state index contributed by atoms with van der Waals surface area (Å²) in [6, 6.07) is 2.05. The number of carbonyl (C=O) groups is 1. The molecule has 0 aliphatic carbocycles. The summed E-state index contributed by atoms with van der Waals surface area (Å²) in [6.45, 7) is 0.